The van der Waals surface area contributed by atoms with Gasteiger partial charge in [0.2, 0.25) is 0 Å². The Bertz CT molecular complexity index is 819. The number of amides is 1. The van der Waals surface area contributed by atoms with Crippen LogP contribution in [-0.4, -0.2) is 27.2 Å². The molecule has 3 aromatic rings. The maximum atomic E-state index is 12.2. The Morgan fingerprint density at radius 1 is 1.08 bits per heavy atom. The second-order valence-corrected chi connectivity index (χ2v) is 5.81. The molecule has 0 radical (unpaired) electrons. The van der Waals surface area contributed by atoms with E-state index in [0.717, 1.165) is 22.5 Å². The smallest absolute Gasteiger partial charge is 0.251 e. The molecule has 0 saturated carbocycles. The summed E-state index contributed by atoms with van der Waals surface area (Å²) in [7, 11) is 0. The van der Waals surface area contributed by atoms with Crippen molar-refractivity contribution in [2.75, 3.05) is 6.54 Å². The van der Waals surface area contributed by atoms with Crippen molar-refractivity contribution < 1.29 is 4.79 Å². The van der Waals surface area contributed by atoms with Crippen molar-refractivity contribution in [2.24, 2.45) is 0 Å². The van der Waals surface area contributed by atoms with E-state index in [1.165, 1.54) is 0 Å². The van der Waals surface area contributed by atoms with E-state index in [2.05, 4.69) is 21.5 Å². The van der Waals surface area contributed by atoms with Crippen LogP contribution in [0.3, 0.4) is 0 Å². The van der Waals surface area contributed by atoms with Crippen LogP contribution in [0.1, 0.15) is 21.5 Å². The highest BCUT2D eigenvalue weighted by atomic mass is 16.1. The molecule has 0 aliphatic carbocycles. The van der Waals surface area contributed by atoms with E-state index in [0.29, 0.717) is 18.7 Å². The number of carbonyl (C=O) groups is 1. The molecular weight excluding hydrogens is 300 g/mol. The van der Waals surface area contributed by atoms with Gasteiger partial charge in [0, 0.05) is 24.5 Å². The number of hydrogen-bond acceptors (Lipinski definition) is 3. The van der Waals surface area contributed by atoms with Crippen molar-refractivity contribution in [3.05, 3.63) is 71.5 Å². The third-order valence-electron chi connectivity index (χ3n) is 3.68. The van der Waals surface area contributed by atoms with E-state index < -0.39 is 0 Å². The lowest BCUT2D eigenvalue weighted by atomic mass is 10.1. The zero-order valence-corrected chi connectivity index (χ0v) is 13.9. The number of aromatic nitrogens is 3. The van der Waals surface area contributed by atoms with Crippen molar-refractivity contribution in [1.82, 2.24) is 20.1 Å². The van der Waals surface area contributed by atoms with Crippen LogP contribution < -0.4 is 5.32 Å². The number of hydrogen-bond donors (Lipinski definition) is 1. The van der Waals surface area contributed by atoms with E-state index in [9.17, 15) is 4.79 Å². The summed E-state index contributed by atoms with van der Waals surface area (Å²) in [5, 5.41) is 7.42. The summed E-state index contributed by atoms with van der Waals surface area (Å²) in [4.78, 5) is 16.5. The van der Waals surface area contributed by atoms with Crippen LogP contribution in [0.25, 0.3) is 11.4 Å². The molecule has 0 spiro atoms. The standard InChI is InChI=1S/C19H20N4O/c1-14-11-15(2)13-16(12-14)19(24)21-8-10-23-9-6-18(22-23)17-5-3-4-7-20-17/h3-7,9,11-13H,8,10H2,1-2H3,(H,21,24). The Labute approximate surface area is 141 Å². The minimum atomic E-state index is -0.0566. The molecule has 3 rings (SSSR count). The first kappa shape index (κ1) is 15.9. The van der Waals surface area contributed by atoms with E-state index >= 15 is 0 Å². The van der Waals surface area contributed by atoms with Gasteiger partial charge in [0.05, 0.1) is 12.2 Å². The van der Waals surface area contributed by atoms with Gasteiger partial charge in [-0.15, -0.1) is 0 Å². The fraction of sp³-hybridized carbons (Fsp3) is 0.211. The van der Waals surface area contributed by atoms with Gasteiger partial charge in [-0.3, -0.25) is 14.5 Å². The maximum Gasteiger partial charge on any atom is 0.251 e. The average Bonchev–Trinajstić information content (AvgIpc) is 3.03. The molecule has 5 nitrogen and oxygen atoms in total. The first-order valence-corrected chi connectivity index (χ1v) is 7.93. The molecule has 0 unspecified atom stereocenters. The molecule has 0 aliphatic rings. The average molecular weight is 320 g/mol. The topological polar surface area (TPSA) is 59.8 Å². The maximum absolute atomic E-state index is 12.2. The van der Waals surface area contributed by atoms with Gasteiger partial charge < -0.3 is 5.32 Å². The van der Waals surface area contributed by atoms with Crippen molar-refractivity contribution in [3.63, 3.8) is 0 Å². The SMILES string of the molecule is Cc1cc(C)cc(C(=O)NCCn2ccc(-c3ccccn3)n2)c1. The number of carbonyl (C=O) groups excluding carboxylic acids is 1. The van der Waals surface area contributed by atoms with Crippen LogP contribution in [0.2, 0.25) is 0 Å². The molecule has 1 aromatic carbocycles. The van der Waals surface area contributed by atoms with Gasteiger partial charge in [0.15, 0.2) is 0 Å². The third kappa shape index (κ3) is 3.87. The number of pyridine rings is 1. The van der Waals surface area contributed by atoms with Gasteiger partial charge in [-0.1, -0.05) is 23.3 Å². The summed E-state index contributed by atoms with van der Waals surface area (Å²) in [6.45, 7) is 5.12. The zero-order valence-electron chi connectivity index (χ0n) is 13.9. The Balaban J connectivity index is 1.57. The lowest BCUT2D eigenvalue weighted by molar-refractivity contribution is 0.0952. The summed E-state index contributed by atoms with van der Waals surface area (Å²) in [6, 6.07) is 13.5. The normalized spacial score (nSPS) is 10.6. The summed E-state index contributed by atoms with van der Waals surface area (Å²) < 4.78 is 1.81. The molecule has 0 aliphatic heterocycles. The fourth-order valence-corrected chi connectivity index (χ4v) is 2.63. The highest BCUT2D eigenvalue weighted by Gasteiger charge is 2.07. The highest BCUT2D eigenvalue weighted by Crippen LogP contribution is 2.12. The molecule has 2 aromatic heterocycles. The van der Waals surface area contributed by atoms with Crippen molar-refractivity contribution in [1.29, 1.82) is 0 Å². The van der Waals surface area contributed by atoms with E-state index in [-0.39, 0.29) is 5.91 Å². The molecule has 5 heteroatoms. The molecule has 0 saturated heterocycles. The lowest BCUT2D eigenvalue weighted by Gasteiger charge is -2.07. The van der Waals surface area contributed by atoms with Crippen molar-refractivity contribution in [3.8, 4) is 11.4 Å². The van der Waals surface area contributed by atoms with Crippen LogP contribution in [0.4, 0.5) is 0 Å². The monoisotopic (exact) mass is 320 g/mol. The van der Waals surface area contributed by atoms with Gasteiger partial charge >= 0.3 is 0 Å². The number of rotatable bonds is 5. The number of aryl methyl sites for hydroxylation is 2. The van der Waals surface area contributed by atoms with Crippen molar-refractivity contribution >= 4 is 5.91 Å². The van der Waals surface area contributed by atoms with E-state index in [1.807, 2.05) is 61.1 Å². The van der Waals surface area contributed by atoms with Gasteiger partial charge in [0.25, 0.3) is 5.91 Å². The molecule has 0 fully saturated rings. The minimum Gasteiger partial charge on any atom is -0.350 e. The fourth-order valence-electron chi connectivity index (χ4n) is 2.63. The summed E-state index contributed by atoms with van der Waals surface area (Å²) >= 11 is 0. The van der Waals surface area contributed by atoms with Gasteiger partial charge in [-0.25, -0.2) is 0 Å². The number of nitrogens with zero attached hydrogens (tertiary/aromatic N) is 3. The largest absolute Gasteiger partial charge is 0.350 e. The second-order valence-electron chi connectivity index (χ2n) is 5.81. The Hall–Kier alpha value is -2.95. The van der Waals surface area contributed by atoms with Crippen LogP contribution in [0, 0.1) is 13.8 Å². The van der Waals surface area contributed by atoms with Crippen LogP contribution in [-0.2, 0) is 6.54 Å². The van der Waals surface area contributed by atoms with Crippen LogP contribution in [0.15, 0.2) is 54.9 Å². The zero-order chi connectivity index (χ0) is 16.9. The van der Waals surface area contributed by atoms with E-state index in [4.69, 9.17) is 0 Å². The molecule has 2 heterocycles. The second kappa shape index (κ2) is 7.08. The van der Waals surface area contributed by atoms with Crippen LogP contribution in [0.5, 0.6) is 0 Å². The number of nitrogens with one attached hydrogen (secondary N) is 1. The molecule has 24 heavy (non-hydrogen) atoms. The van der Waals surface area contributed by atoms with Gasteiger partial charge in [-0.2, -0.15) is 5.10 Å². The summed E-state index contributed by atoms with van der Waals surface area (Å²) in [6.07, 6.45) is 3.64. The third-order valence-corrected chi connectivity index (χ3v) is 3.68. The Morgan fingerprint density at radius 2 is 1.88 bits per heavy atom. The molecule has 122 valence electrons. The Morgan fingerprint density at radius 3 is 2.58 bits per heavy atom. The molecule has 1 amide bonds. The molecule has 1 N–H and O–H groups in total. The van der Waals surface area contributed by atoms with E-state index in [1.54, 1.807) is 6.20 Å². The minimum absolute atomic E-state index is 0.0566. The highest BCUT2D eigenvalue weighted by molar-refractivity contribution is 5.94. The predicted molar refractivity (Wildman–Crippen MR) is 93.7 cm³/mol. The van der Waals surface area contributed by atoms with Crippen molar-refractivity contribution in [2.45, 2.75) is 20.4 Å². The first-order valence-electron chi connectivity index (χ1n) is 7.93. The number of benzene rings is 1. The molecule has 0 bridgehead atoms. The molecule has 0 atom stereocenters. The Kier molecular flexibility index (Phi) is 4.70. The summed E-state index contributed by atoms with van der Waals surface area (Å²) in [5.74, 6) is -0.0566. The molecular formula is C19H20N4O. The quantitative estimate of drug-likeness (QED) is 0.786. The lowest BCUT2D eigenvalue weighted by Crippen LogP contribution is -2.27. The summed E-state index contributed by atoms with van der Waals surface area (Å²) in [5.41, 5.74) is 4.55. The van der Waals surface area contributed by atoms with Gasteiger partial charge in [0.1, 0.15) is 5.69 Å². The predicted octanol–water partition coefficient (Wildman–Crippen LogP) is 2.99. The van der Waals surface area contributed by atoms with Crippen LogP contribution >= 0.6 is 0 Å². The first-order chi connectivity index (χ1) is 11.6. The van der Waals surface area contributed by atoms with Gasteiger partial charge in [-0.05, 0) is 44.2 Å².